The van der Waals surface area contributed by atoms with Gasteiger partial charge in [-0.2, -0.15) is 0 Å². The average molecular weight is 359 g/mol. The number of likely N-dealkylation sites (N-methyl/N-ethyl adjacent to an activating group) is 1. The standard InChI is InChI=1S/C18H25N5O3/c1-3-20-18(25)16-13-5-4-12(10-14(13)21-17(16)19)22(2)15(24)11-23-6-8-26-9-7-23/h4-5,10,21H,3,6-9,11,19H2,1-2H3,(H,20,25). The van der Waals surface area contributed by atoms with Crippen molar-refractivity contribution < 1.29 is 14.3 Å². The summed E-state index contributed by atoms with van der Waals surface area (Å²) in [6.45, 7) is 5.59. The lowest BCUT2D eigenvalue weighted by molar-refractivity contribution is -0.120. The molecule has 1 saturated heterocycles. The summed E-state index contributed by atoms with van der Waals surface area (Å²) in [6.07, 6.45) is 0. The fourth-order valence-corrected chi connectivity index (χ4v) is 3.11. The van der Waals surface area contributed by atoms with Gasteiger partial charge in [-0.1, -0.05) is 0 Å². The zero-order valence-electron chi connectivity index (χ0n) is 15.2. The van der Waals surface area contributed by atoms with E-state index in [1.165, 1.54) is 0 Å². The molecule has 2 heterocycles. The van der Waals surface area contributed by atoms with Crippen molar-refractivity contribution in [1.29, 1.82) is 0 Å². The van der Waals surface area contributed by atoms with Gasteiger partial charge in [0.15, 0.2) is 0 Å². The number of anilines is 2. The number of carbonyl (C=O) groups is 2. The number of fused-ring (bicyclic) bond motifs is 1. The van der Waals surface area contributed by atoms with Crippen LogP contribution in [0.1, 0.15) is 17.3 Å². The van der Waals surface area contributed by atoms with E-state index in [0.717, 1.165) is 29.7 Å². The predicted molar refractivity (Wildman–Crippen MR) is 101 cm³/mol. The zero-order chi connectivity index (χ0) is 18.7. The third-order valence-electron chi connectivity index (χ3n) is 4.60. The number of nitrogen functional groups attached to an aromatic ring is 1. The highest BCUT2D eigenvalue weighted by Crippen LogP contribution is 2.28. The van der Waals surface area contributed by atoms with Crippen molar-refractivity contribution in [2.75, 3.05) is 57.1 Å². The van der Waals surface area contributed by atoms with E-state index in [0.29, 0.717) is 37.7 Å². The first-order valence-corrected chi connectivity index (χ1v) is 8.77. The molecule has 0 aliphatic carbocycles. The van der Waals surface area contributed by atoms with Crippen LogP contribution in [0, 0.1) is 0 Å². The average Bonchev–Trinajstić information content (AvgIpc) is 2.97. The molecule has 0 unspecified atom stereocenters. The number of aromatic amines is 1. The van der Waals surface area contributed by atoms with E-state index in [1.807, 2.05) is 25.1 Å². The van der Waals surface area contributed by atoms with Crippen LogP contribution in [0.5, 0.6) is 0 Å². The van der Waals surface area contributed by atoms with Crippen LogP contribution in [-0.2, 0) is 9.53 Å². The molecule has 2 amide bonds. The van der Waals surface area contributed by atoms with Gasteiger partial charge in [-0.05, 0) is 25.1 Å². The highest BCUT2D eigenvalue weighted by atomic mass is 16.5. The Morgan fingerprint density at radius 2 is 2.08 bits per heavy atom. The number of hydrogen-bond acceptors (Lipinski definition) is 5. The Kier molecular flexibility index (Phi) is 5.43. The molecule has 0 saturated carbocycles. The van der Waals surface area contributed by atoms with Crippen molar-refractivity contribution in [1.82, 2.24) is 15.2 Å². The first-order chi connectivity index (χ1) is 12.5. The van der Waals surface area contributed by atoms with Gasteiger partial charge in [-0.25, -0.2) is 0 Å². The quantitative estimate of drug-likeness (QED) is 0.732. The van der Waals surface area contributed by atoms with E-state index >= 15 is 0 Å². The van der Waals surface area contributed by atoms with Crippen molar-refractivity contribution in [3.05, 3.63) is 23.8 Å². The van der Waals surface area contributed by atoms with Gasteiger partial charge in [-0.3, -0.25) is 14.5 Å². The number of morpholine rings is 1. The maximum absolute atomic E-state index is 12.6. The molecular formula is C18H25N5O3. The van der Waals surface area contributed by atoms with Crippen LogP contribution in [0.3, 0.4) is 0 Å². The van der Waals surface area contributed by atoms with Crippen molar-refractivity contribution in [3.8, 4) is 0 Å². The number of amides is 2. The number of H-pyrrole nitrogens is 1. The van der Waals surface area contributed by atoms with E-state index < -0.39 is 0 Å². The minimum Gasteiger partial charge on any atom is -0.385 e. The van der Waals surface area contributed by atoms with Crippen LogP contribution in [-0.4, -0.2) is 68.1 Å². The van der Waals surface area contributed by atoms with E-state index in [1.54, 1.807) is 11.9 Å². The topological polar surface area (TPSA) is 104 Å². The number of ether oxygens (including phenoxy) is 1. The number of nitrogens with two attached hydrogens (primary N) is 1. The number of aromatic nitrogens is 1. The second kappa shape index (κ2) is 7.76. The van der Waals surface area contributed by atoms with Crippen molar-refractivity contribution >= 4 is 34.2 Å². The van der Waals surface area contributed by atoms with Crippen LogP contribution in [0.15, 0.2) is 18.2 Å². The molecule has 1 aliphatic heterocycles. The van der Waals surface area contributed by atoms with Gasteiger partial charge in [0.2, 0.25) is 5.91 Å². The molecule has 1 aromatic heterocycles. The Morgan fingerprint density at radius 3 is 2.77 bits per heavy atom. The summed E-state index contributed by atoms with van der Waals surface area (Å²) in [7, 11) is 1.75. The largest absolute Gasteiger partial charge is 0.385 e. The molecule has 0 atom stereocenters. The number of nitrogens with zero attached hydrogens (tertiary/aromatic N) is 2. The molecule has 1 aromatic carbocycles. The Hall–Kier alpha value is -2.58. The van der Waals surface area contributed by atoms with Gasteiger partial charge in [-0.15, -0.1) is 0 Å². The summed E-state index contributed by atoms with van der Waals surface area (Å²) in [6, 6.07) is 5.49. The van der Waals surface area contributed by atoms with E-state index in [2.05, 4.69) is 15.2 Å². The van der Waals surface area contributed by atoms with Gasteiger partial charge in [0.1, 0.15) is 5.82 Å². The molecular weight excluding hydrogens is 334 g/mol. The number of rotatable bonds is 5. The minimum atomic E-state index is -0.208. The van der Waals surface area contributed by atoms with Gasteiger partial charge in [0, 0.05) is 43.3 Å². The Bertz CT molecular complexity index is 811. The second-order valence-corrected chi connectivity index (χ2v) is 6.34. The molecule has 140 valence electrons. The maximum Gasteiger partial charge on any atom is 0.255 e. The van der Waals surface area contributed by atoms with Crippen molar-refractivity contribution in [2.45, 2.75) is 6.92 Å². The lowest BCUT2D eigenvalue weighted by atomic mass is 10.1. The summed E-state index contributed by atoms with van der Waals surface area (Å²) >= 11 is 0. The number of nitrogens with one attached hydrogen (secondary N) is 2. The number of carbonyl (C=O) groups excluding carboxylic acids is 2. The first-order valence-electron chi connectivity index (χ1n) is 8.77. The zero-order valence-corrected chi connectivity index (χ0v) is 15.2. The molecule has 1 aliphatic rings. The van der Waals surface area contributed by atoms with Crippen LogP contribution in [0.25, 0.3) is 10.9 Å². The highest BCUT2D eigenvalue weighted by Gasteiger charge is 2.20. The normalized spacial score (nSPS) is 15.2. The van der Waals surface area contributed by atoms with E-state index in [-0.39, 0.29) is 11.8 Å². The summed E-state index contributed by atoms with van der Waals surface area (Å²) < 4.78 is 5.31. The Labute approximate surface area is 152 Å². The SMILES string of the molecule is CCNC(=O)c1c(N)[nH]c2cc(N(C)C(=O)CN3CCOCC3)ccc12. The Morgan fingerprint density at radius 1 is 1.35 bits per heavy atom. The molecule has 26 heavy (non-hydrogen) atoms. The number of benzene rings is 1. The first kappa shape index (κ1) is 18.2. The molecule has 8 heteroatoms. The van der Waals surface area contributed by atoms with Crippen molar-refractivity contribution in [2.24, 2.45) is 0 Å². The molecule has 2 aromatic rings. The third-order valence-corrected chi connectivity index (χ3v) is 4.60. The van der Waals surface area contributed by atoms with Crippen LogP contribution in [0.4, 0.5) is 11.5 Å². The van der Waals surface area contributed by atoms with Crippen LogP contribution in [0.2, 0.25) is 0 Å². The maximum atomic E-state index is 12.6. The minimum absolute atomic E-state index is 0.00901. The van der Waals surface area contributed by atoms with Crippen LogP contribution < -0.4 is 16.0 Å². The predicted octanol–water partition coefficient (Wildman–Crippen LogP) is 0.795. The van der Waals surface area contributed by atoms with Gasteiger partial charge in [0.25, 0.3) is 5.91 Å². The summed E-state index contributed by atoms with van der Waals surface area (Å²) in [4.78, 5) is 31.5. The van der Waals surface area contributed by atoms with E-state index in [9.17, 15) is 9.59 Å². The lowest BCUT2D eigenvalue weighted by Crippen LogP contribution is -2.43. The molecule has 0 spiro atoms. The molecule has 0 radical (unpaired) electrons. The van der Waals surface area contributed by atoms with Gasteiger partial charge >= 0.3 is 0 Å². The highest BCUT2D eigenvalue weighted by molar-refractivity contribution is 6.12. The van der Waals surface area contributed by atoms with E-state index in [4.69, 9.17) is 10.5 Å². The fourth-order valence-electron chi connectivity index (χ4n) is 3.11. The van der Waals surface area contributed by atoms with Gasteiger partial charge < -0.3 is 25.7 Å². The molecule has 3 rings (SSSR count). The molecule has 8 nitrogen and oxygen atoms in total. The second-order valence-electron chi connectivity index (χ2n) is 6.34. The van der Waals surface area contributed by atoms with Crippen LogP contribution >= 0.6 is 0 Å². The third kappa shape index (κ3) is 3.66. The Balaban J connectivity index is 1.80. The molecule has 4 N–H and O–H groups in total. The summed E-state index contributed by atoms with van der Waals surface area (Å²) in [5, 5.41) is 3.50. The van der Waals surface area contributed by atoms with Gasteiger partial charge in [0.05, 0.1) is 25.3 Å². The molecule has 1 fully saturated rings. The van der Waals surface area contributed by atoms with Crippen molar-refractivity contribution in [3.63, 3.8) is 0 Å². The summed E-state index contributed by atoms with van der Waals surface area (Å²) in [5.41, 5.74) is 7.90. The number of hydrogen-bond donors (Lipinski definition) is 3. The summed E-state index contributed by atoms with van der Waals surface area (Å²) in [5.74, 6) is 0.126. The lowest BCUT2D eigenvalue weighted by Gasteiger charge is -2.28. The fraction of sp³-hybridized carbons (Fsp3) is 0.444. The monoisotopic (exact) mass is 359 g/mol. The molecule has 0 bridgehead atoms. The smallest absolute Gasteiger partial charge is 0.255 e.